The van der Waals surface area contributed by atoms with Gasteiger partial charge in [0.05, 0.1) is 23.2 Å². The predicted molar refractivity (Wildman–Crippen MR) is 112 cm³/mol. The first-order chi connectivity index (χ1) is 13.5. The van der Waals surface area contributed by atoms with Gasteiger partial charge in [0.15, 0.2) is 0 Å². The van der Waals surface area contributed by atoms with Crippen LogP contribution in [0, 0.1) is 6.92 Å². The van der Waals surface area contributed by atoms with Crippen LogP contribution in [0.15, 0.2) is 28.7 Å². The summed E-state index contributed by atoms with van der Waals surface area (Å²) >= 11 is 4.70. The Morgan fingerprint density at radius 3 is 2.68 bits per heavy atom. The largest absolute Gasteiger partial charge is 0.391 e. The van der Waals surface area contributed by atoms with E-state index in [1.165, 1.54) is 11.3 Å². The molecule has 1 fully saturated rings. The molecule has 1 aromatic heterocycles. The van der Waals surface area contributed by atoms with Gasteiger partial charge in [0.25, 0.3) is 0 Å². The summed E-state index contributed by atoms with van der Waals surface area (Å²) in [7, 11) is 0. The molecule has 9 heteroatoms. The normalized spacial score (nSPS) is 17.8. The monoisotopic (exact) mass is 466 g/mol. The number of anilines is 1. The molecule has 3 rings (SSSR count). The number of carbonyl (C=O) groups is 2. The molecule has 1 aliphatic rings. The van der Waals surface area contributed by atoms with Crippen molar-refractivity contribution in [1.29, 1.82) is 0 Å². The quantitative estimate of drug-likeness (QED) is 0.507. The van der Waals surface area contributed by atoms with Gasteiger partial charge in [-0.25, -0.2) is 4.98 Å². The minimum Gasteiger partial charge on any atom is -0.391 e. The van der Waals surface area contributed by atoms with Crippen molar-refractivity contribution in [3.63, 3.8) is 0 Å². The second kappa shape index (κ2) is 9.60. The SMILES string of the molecule is Cc1nc(C(NC(=O)C(=O)Nc2ccc(Br)cc2)C2CCCCN2)sc1CO. The summed E-state index contributed by atoms with van der Waals surface area (Å²) in [6.45, 7) is 2.60. The van der Waals surface area contributed by atoms with Crippen LogP contribution in [0.5, 0.6) is 0 Å². The minimum atomic E-state index is -0.723. The molecular weight excluding hydrogens is 444 g/mol. The van der Waals surface area contributed by atoms with Gasteiger partial charge in [-0.05, 0) is 50.6 Å². The maximum absolute atomic E-state index is 12.6. The van der Waals surface area contributed by atoms with Crippen LogP contribution in [0.1, 0.15) is 40.9 Å². The van der Waals surface area contributed by atoms with E-state index in [0.29, 0.717) is 10.7 Å². The van der Waals surface area contributed by atoms with Gasteiger partial charge in [0, 0.05) is 16.2 Å². The number of hydrogen-bond donors (Lipinski definition) is 4. The summed E-state index contributed by atoms with van der Waals surface area (Å²) in [5.41, 5.74) is 1.29. The van der Waals surface area contributed by atoms with Crippen LogP contribution in [0.25, 0.3) is 0 Å². The topological polar surface area (TPSA) is 103 Å². The number of benzene rings is 1. The lowest BCUT2D eigenvalue weighted by Gasteiger charge is -2.30. The van der Waals surface area contributed by atoms with Crippen molar-refractivity contribution >= 4 is 44.8 Å². The number of nitrogens with zero attached hydrogens (tertiary/aromatic N) is 1. The van der Waals surface area contributed by atoms with Crippen LogP contribution < -0.4 is 16.0 Å². The van der Waals surface area contributed by atoms with E-state index >= 15 is 0 Å². The van der Waals surface area contributed by atoms with Crippen molar-refractivity contribution in [2.24, 2.45) is 0 Å². The van der Waals surface area contributed by atoms with Crippen molar-refractivity contribution in [3.8, 4) is 0 Å². The van der Waals surface area contributed by atoms with Gasteiger partial charge in [-0.2, -0.15) is 0 Å². The van der Waals surface area contributed by atoms with E-state index in [0.717, 1.165) is 40.9 Å². The molecule has 0 saturated carbocycles. The zero-order chi connectivity index (χ0) is 20.1. The molecular formula is C19H23BrN4O3S. The van der Waals surface area contributed by atoms with Gasteiger partial charge in [0.1, 0.15) is 5.01 Å². The summed E-state index contributed by atoms with van der Waals surface area (Å²) < 4.78 is 0.886. The van der Waals surface area contributed by atoms with E-state index in [1.807, 2.05) is 6.92 Å². The Hall–Kier alpha value is -1.81. The number of thiazole rings is 1. The predicted octanol–water partition coefficient (Wildman–Crippen LogP) is 2.64. The number of aliphatic hydroxyl groups excluding tert-OH is 1. The summed E-state index contributed by atoms with van der Waals surface area (Å²) in [4.78, 5) is 30.2. The molecule has 1 saturated heterocycles. The number of hydrogen-bond acceptors (Lipinski definition) is 6. The minimum absolute atomic E-state index is 0.00438. The van der Waals surface area contributed by atoms with E-state index in [2.05, 4.69) is 36.9 Å². The molecule has 2 aromatic rings. The fraction of sp³-hybridized carbons (Fsp3) is 0.421. The standard InChI is InChI=1S/C19H23BrN4O3S/c1-11-15(10-25)28-19(22-11)16(14-4-2-3-9-21-14)24-18(27)17(26)23-13-7-5-12(20)6-8-13/h5-8,14,16,21,25H,2-4,9-10H2,1H3,(H,23,26)(H,24,27). The molecule has 28 heavy (non-hydrogen) atoms. The third-order valence-corrected chi connectivity index (χ3v) is 6.42. The van der Waals surface area contributed by atoms with E-state index in [4.69, 9.17) is 0 Å². The molecule has 0 radical (unpaired) electrons. The zero-order valence-electron chi connectivity index (χ0n) is 15.5. The fourth-order valence-electron chi connectivity index (χ4n) is 3.16. The Morgan fingerprint density at radius 2 is 2.07 bits per heavy atom. The second-order valence-corrected chi connectivity index (χ2v) is 8.72. The van der Waals surface area contributed by atoms with Crippen LogP contribution in [0.4, 0.5) is 5.69 Å². The van der Waals surface area contributed by atoms with Crippen LogP contribution in [0.3, 0.4) is 0 Å². The fourth-order valence-corrected chi connectivity index (χ4v) is 4.46. The first kappa shape index (κ1) is 20.9. The summed E-state index contributed by atoms with van der Waals surface area (Å²) in [6.07, 6.45) is 3.01. The van der Waals surface area contributed by atoms with Gasteiger partial charge < -0.3 is 21.1 Å². The first-order valence-corrected chi connectivity index (χ1v) is 10.8. The Morgan fingerprint density at radius 1 is 1.32 bits per heavy atom. The van der Waals surface area contributed by atoms with Crippen LogP contribution in [-0.4, -0.2) is 34.5 Å². The molecule has 1 aliphatic heterocycles. The summed E-state index contributed by atoms with van der Waals surface area (Å²) in [6, 6.07) is 6.58. The molecule has 4 N–H and O–H groups in total. The highest BCUT2D eigenvalue weighted by Crippen LogP contribution is 2.29. The number of carbonyl (C=O) groups excluding carboxylic acids is 2. The number of aromatic nitrogens is 1. The number of aliphatic hydroxyl groups is 1. The Balaban J connectivity index is 1.74. The highest BCUT2D eigenvalue weighted by Gasteiger charge is 2.31. The molecule has 0 bridgehead atoms. The number of amides is 2. The van der Waals surface area contributed by atoms with E-state index in [1.54, 1.807) is 24.3 Å². The third-order valence-electron chi connectivity index (χ3n) is 4.66. The highest BCUT2D eigenvalue weighted by molar-refractivity contribution is 9.10. The molecule has 0 spiro atoms. The van der Waals surface area contributed by atoms with Gasteiger partial charge in [-0.3, -0.25) is 9.59 Å². The van der Waals surface area contributed by atoms with Crippen molar-refractivity contribution in [2.45, 2.75) is 44.9 Å². The van der Waals surface area contributed by atoms with E-state index in [-0.39, 0.29) is 12.6 Å². The molecule has 2 atom stereocenters. The number of aryl methyl sites for hydroxylation is 1. The van der Waals surface area contributed by atoms with Gasteiger partial charge in [-0.1, -0.05) is 22.4 Å². The van der Waals surface area contributed by atoms with E-state index in [9.17, 15) is 14.7 Å². The highest BCUT2D eigenvalue weighted by atomic mass is 79.9. The van der Waals surface area contributed by atoms with Crippen molar-refractivity contribution < 1.29 is 14.7 Å². The summed E-state index contributed by atoms with van der Waals surface area (Å²) in [5, 5.41) is 19.0. The number of rotatable bonds is 5. The van der Waals surface area contributed by atoms with Crippen molar-refractivity contribution in [1.82, 2.24) is 15.6 Å². The maximum atomic E-state index is 12.6. The van der Waals surface area contributed by atoms with Gasteiger partial charge in [0.2, 0.25) is 0 Å². The molecule has 2 unspecified atom stereocenters. The Kier molecular flexibility index (Phi) is 7.17. The second-order valence-electron chi connectivity index (χ2n) is 6.69. The lowest BCUT2D eigenvalue weighted by molar-refractivity contribution is -0.136. The van der Waals surface area contributed by atoms with Gasteiger partial charge >= 0.3 is 11.8 Å². The molecule has 7 nitrogen and oxygen atoms in total. The molecule has 150 valence electrons. The molecule has 2 heterocycles. The molecule has 2 amide bonds. The summed E-state index contributed by atoms with van der Waals surface area (Å²) in [5.74, 6) is -1.43. The zero-order valence-corrected chi connectivity index (χ0v) is 17.9. The average molecular weight is 467 g/mol. The van der Waals surface area contributed by atoms with Crippen molar-refractivity contribution in [3.05, 3.63) is 44.3 Å². The molecule has 1 aromatic carbocycles. The van der Waals surface area contributed by atoms with Crippen LogP contribution in [0.2, 0.25) is 0 Å². The lowest BCUT2D eigenvalue weighted by Crippen LogP contribution is -2.48. The van der Waals surface area contributed by atoms with E-state index < -0.39 is 17.9 Å². The number of halogens is 1. The van der Waals surface area contributed by atoms with Crippen LogP contribution >= 0.6 is 27.3 Å². The number of piperidine rings is 1. The van der Waals surface area contributed by atoms with Crippen molar-refractivity contribution in [2.75, 3.05) is 11.9 Å². The maximum Gasteiger partial charge on any atom is 0.313 e. The average Bonchev–Trinajstić information content (AvgIpc) is 3.08. The Labute approximate surface area is 176 Å². The molecule has 0 aliphatic carbocycles. The smallest absolute Gasteiger partial charge is 0.313 e. The van der Waals surface area contributed by atoms with Gasteiger partial charge in [-0.15, -0.1) is 11.3 Å². The number of nitrogens with one attached hydrogen (secondary N) is 3. The van der Waals surface area contributed by atoms with Crippen LogP contribution in [-0.2, 0) is 16.2 Å². The first-order valence-electron chi connectivity index (χ1n) is 9.16. The Bertz CT molecular complexity index is 834. The third kappa shape index (κ3) is 5.16. The lowest BCUT2D eigenvalue weighted by atomic mass is 9.98.